The molecule has 2 aromatic heterocycles. The van der Waals surface area contributed by atoms with Crippen molar-refractivity contribution in [2.45, 2.75) is 45.4 Å². The number of hydrogen-bond acceptors (Lipinski definition) is 11. The van der Waals surface area contributed by atoms with Crippen molar-refractivity contribution in [1.29, 1.82) is 0 Å². The molecule has 0 spiro atoms. The number of nitrogen functional groups attached to an aromatic ring is 2. The first kappa shape index (κ1) is 44.4. The van der Waals surface area contributed by atoms with Crippen molar-refractivity contribution < 1.29 is 31.4 Å². The Morgan fingerprint density at radius 3 is 1.67 bits per heavy atom. The number of halogens is 1. The predicted octanol–water partition coefficient (Wildman–Crippen LogP) is 2.57. The maximum absolute atomic E-state index is 12.3. The van der Waals surface area contributed by atoms with Crippen LogP contribution in [0.3, 0.4) is 0 Å². The van der Waals surface area contributed by atoms with Gasteiger partial charge in [0.15, 0.2) is 16.1 Å². The number of nitrogens with zero attached hydrogens (tertiary/aromatic N) is 5. The number of carbonyl (C=O) groups is 2. The molecule has 0 saturated heterocycles. The van der Waals surface area contributed by atoms with Crippen LogP contribution < -0.4 is 28.4 Å². The molecule has 0 aliphatic rings. The third-order valence-electron chi connectivity index (χ3n) is 5.37. The first-order valence-electron chi connectivity index (χ1n) is 13.0. The number of benzene rings is 2. The van der Waals surface area contributed by atoms with E-state index in [0.29, 0.717) is 21.4 Å². The molecule has 14 heteroatoms. The third kappa shape index (κ3) is 14.9. The molecule has 0 bridgehead atoms. The number of aromatic nitrogens is 4. The number of anilines is 2. The summed E-state index contributed by atoms with van der Waals surface area (Å²) in [5.41, 5.74) is 15.1. The van der Waals surface area contributed by atoms with E-state index in [1.807, 2.05) is 57.2 Å². The molecule has 0 radical (unpaired) electrons. The molecule has 45 heavy (non-hydrogen) atoms. The van der Waals surface area contributed by atoms with Crippen molar-refractivity contribution in [3.63, 3.8) is 0 Å². The third-order valence-corrected chi connectivity index (χ3v) is 6.86. The molecule has 0 atom stereocenters. The number of aryl methyl sites for hydroxylation is 2. The summed E-state index contributed by atoms with van der Waals surface area (Å²) in [6, 6.07) is 18.2. The van der Waals surface area contributed by atoms with E-state index < -0.39 is 0 Å². The van der Waals surface area contributed by atoms with Gasteiger partial charge < -0.3 is 28.4 Å². The second-order valence-electron chi connectivity index (χ2n) is 8.53. The van der Waals surface area contributed by atoms with Crippen molar-refractivity contribution in [1.82, 2.24) is 25.0 Å². The number of hydrogen-bond donors (Lipinski definition) is 2. The van der Waals surface area contributed by atoms with Crippen molar-refractivity contribution in [2.75, 3.05) is 37.1 Å². The zero-order valence-electron chi connectivity index (χ0n) is 25.7. The molecule has 2 heterocycles. The van der Waals surface area contributed by atoms with E-state index in [1.165, 1.54) is 55.6 Å². The van der Waals surface area contributed by atoms with Crippen molar-refractivity contribution >= 4 is 69.9 Å². The Morgan fingerprint density at radius 1 is 0.844 bits per heavy atom. The molecule has 0 saturated carbocycles. The Bertz CT molecular complexity index is 1450. The van der Waals surface area contributed by atoms with Gasteiger partial charge in [0, 0.05) is 25.0 Å². The maximum Gasteiger partial charge on any atom is 2.00 e. The summed E-state index contributed by atoms with van der Waals surface area (Å²) >= 11 is 2.96. The van der Waals surface area contributed by atoms with Crippen molar-refractivity contribution in [3.8, 4) is 0 Å². The Hall–Kier alpha value is -2.75. The standard InChI is InChI=1S/C14H15N3OS.C9H14N4O2S.C7H7.CH4.BrH.Mg/c1-3-19-14-16-8-11(13(15)17-14)12(18)10-6-4-9(2)5-7-10;1-4-16-9-11-5-6(7(10)12-9)8(14)13(2)15-3;1-7-5-3-2-4-6-7;;;/h4-8H,3H2,1-2H3,(H2,15,16,17);5H,4H2,1-3H3,(H2,10,11,12);3-6H,1H3;1H4;1H;/q;;-1;;;+2/p-1. The smallest absolute Gasteiger partial charge is 1.00 e. The van der Waals surface area contributed by atoms with Crippen LogP contribution >= 0.6 is 23.5 Å². The van der Waals surface area contributed by atoms with Crippen LogP contribution in [0.2, 0.25) is 0 Å². The number of carbonyl (C=O) groups excluding carboxylic acids is 2. The van der Waals surface area contributed by atoms with Crippen LogP contribution in [0.25, 0.3) is 0 Å². The van der Waals surface area contributed by atoms with Gasteiger partial charge in [0.25, 0.3) is 5.91 Å². The summed E-state index contributed by atoms with van der Waals surface area (Å²) in [5.74, 6) is 1.60. The van der Waals surface area contributed by atoms with E-state index in [4.69, 9.17) is 16.3 Å². The first-order chi connectivity index (χ1) is 20.1. The number of nitrogens with two attached hydrogens (primary N) is 2. The van der Waals surface area contributed by atoms with Crippen LogP contribution in [0.5, 0.6) is 0 Å². The normalized spacial score (nSPS) is 9.38. The molecule has 4 rings (SSSR count). The van der Waals surface area contributed by atoms with E-state index in [9.17, 15) is 9.59 Å². The monoisotopic (exact) mass is 725 g/mol. The SMILES string of the molecule is C.CCSc1ncc(C(=O)N(C)OC)c(N)n1.CCSc1ncc(C(=O)c2ccc(C)cc2)c(N)n1.Cc1cc[c-]cc1.[Br-].[Mg+2]. The molecule has 0 unspecified atom stereocenters. The number of thioether (sulfide) groups is 2. The summed E-state index contributed by atoms with van der Waals surface area (Å²) < 4.78 is 0. The molecule has 10 nitrogen and oxygen atoms in total. The van der Waals surface area contributed by atoms with Crippen LogP contribution in [-0.4, -0.2) is 85.4 Å². The second kappa shape index (κ2) is 23.6. The summed E-state index contributed by atoms with van der Waals surface area (Å²) in [4.78, 5) is 45.1. The van der Waals surface area contributed by atoms with E-state index >= 15 is 0 Å². The Balaban J connectivity index is 0. The molecule has 238 valence electrons. The summed E-state index contributed by atoms with van der Waals surface area (Å²) in [5, 5.41) is 2.24. The minimum Gasteiger partial charge on any atom is -1.00 e. The Morgan fingerprint density at radius 2 is 1.29 bits per heavy atom. The predicted molar refractivity (Wildman–Crippen MR) is 182 cm³/mol. The molecule has 0 fully saturated rings. The van der Waals surface area contributed by atoms with Crippen LogP contribution in [-0.2, 0) is 4.84 Å². The number of amides is 1. The molecule has 1 amide bonds. The second-order valence-corrected chi connectivity index (χ2v) is 11.0. The molecule has 4 N–H and O–H groups in total. The number of rotatable bonds is 8. The first-order valence-corrected chi connectivity index (χ1v) is 14.9. The zero-order valence-corrected chi connectivity index (χ0v) is 30.3. The van der Waals surface area contributed by atoms with Crippen LogP contribution in [0.15, 0.2) is 71.2 Å². The van der Waals surface area contributed by atoms with E-state index in [1.54, 1.807) is 12.1 Å². The molecule has 2 aromatic carbocycles. The zero-order chi connectivity index (χ0) is 31.1. The van der Waals surface area contributed by atoms with Gasteiger partial charge in [-0.3, -0.25) is 14.4 Å². The molecule has 0 aliphatic heterocycles. The minimum absolute atomic E-state index is 0. The van der Waals surface area contributed by atoms with Crippen LogP contribution in [0, 0.1) is 19.9 Å². The fraction of sp³-hybridized carbons (Fsp3) is 0.290. The van der Waals surface area contributed by atoms with Crippen molar-refractivity contribution in [3.05, 3.63) is 94.8 Å². The van der Waals surface area contributed by atoms with E-state index in [0.717, 1.165) is 22.1 Å². The van der Waals surface area contributed by atoms with Crippen molar-refractivity contribution in [2.24, 2.45) is 0 Å². The van der Waals surface area contributed by atoms with Gasteiger partial charge in [-0.1, -0.05) is 81.6 Å². The van der Waals surface area contributed by atoms with Gasteiger partial charge >= 0.3 is 23.1 Å². The molecule has 4 aromatic rings. The van der Waals surface area contributed by atoms with Gasteiger partial charge in [0.05, 0.1) is 12.7 Å². The minimum atomic E-state index is -0.368. The molecular formula is C31H40BrMgN7O3S2. The van der Waals surface area contributed by atoms with Gasteiger partial charge in [-0.2, -0.15) is 35.9 Å². The van der Waals surface area contributed by atoms with Gasteiger partial charge in [-0.05, 0) is 18.4 Å². The molecular weight excluding hydrogens is 687 g/mol. The number of ketones is 1. The largest absolute Gasteiger partial charge is 2.00 e. The fourth-order valence-electron chi connectivity index (χ4n) is 3.08. The van der Waals surface area contributed by atoms with E-state index in [2.05, 4.69) is 32.9 Å². The van der Waals surface area contributed by atoms with Crippen LogP contribution in [0.4, 0.5) is 11.6 Å². The summed E-state index contributed by atoms with van der Waals surface area (Å²) in [6.07, 6.45) is 2.92. The van der Waals surface area contributed by atoms with Crippen LogP contribution in [0.1, 0.15) is 58.7 Å². The topological polar surface area (TPSA) is 150 Å². The summed E-state index contributed by atoms with van der Waals surface area (Å²) in [6.45, 7) is 8.04. The Kier molecular flexibility index (Phi) is 23.2. The van der Waals surface area contributed by atoms with Gasteiger partial charge in [-0.15, -0.1) is 0 Å². The average molecular weight is 727 g/mol. The van der Waals surface area contributed by atoms with E-state index in [-0.39, 0.29) is 76.4 Å². The number of hydroxylamine groups is 2. The Labute approximate surface area is 301 Å². The van der Waals surface area contributed by atoms with Gasteiger partial charge in [-0.25, -0.2) is 25.0 Å². The molecule has 0 aliphatic carbocycles. The summed E-state index contributed by atoms with van der Waals surface area (Å²) in [7, 11) is 2.90. The average Bonchev–Trinajstić information content (AvgIpc) is 2.98. The maximum atomic E-state index is 12.3. The van der Waals surface area contributed by atoms with Gasteiger partial charge in [0.2, 0.25) is 0 Å². The van der Waals surface area contributed by atoms with Gasteiger partial charge in [0.1, 0.15) is 17.2 Å². The quantitative estimate of drug-likeness (QED) is 0.0689. The fourth-order valence-corrected chi connectivity index (χ4v) is 4.17.